The summed E-state index contributed by atoms with van der Waals surface area (Å²) in [5.74, 6) is -3.22. The highest BCUT2D eigenvalue weighted by molar-refractivity contribution is 5.93. The second-order valence-electron chi connectivity index (χ2n) is 8.77. The molecule has 2 aliphatic rings. The molecule has 1 aliphatic carbocycles. The van der Waals surface area contributed by atoms with Gasteiger partial charge < -0.3 is 24.1 Å². The summed E-state index contributed by atoms with van der Waals surface area (Å²) in [6, 6.07) is 0. The predicted molar refractivity (Wildman–Crippen MR) is 130 cm³/mol. The molecular formula is C27H34O9. The lowest BCUT2D eigenvalue weighted by Gasteiger charge is -2.28. The van der Waals surface area contributed by atoms with E-state index in [9.17, 15) is 24.3 Å². The molecule has 0 amide bonds. The SMILES string of the molecule is C=C1C(=O)OC2C=C(C)C(O)CC=C(C)CC(OC(=O)C(=CC)COC(=O)C(=CC)COC(C)=O)C12. The number of aliphatic hydroxyl groups is 1. The van der Waals surface area contributed by atoms with Crippen molar-refractivity contribution in [3.8, 4) is 0 Å². The van der Waals surface area contributed by atoms with Crippen molar-refractivity contribution in [1.29, 1.82) is 0 Å². The summed E-state index contributed by atoms with van der Waals surface area (Å²) in [5, 5.41) is 10.4. The number of aliphatic hydroxyl groups excluding tert-OH is 1. The van der Waals surface area contributed by atoms with Crippen LogP contribution in [-0.2, 0) is 38.1 Å². The lowest BCUT2D eigenvalue weighted by Crippen LogP contribution is -2.34. The zero-order valence-electron chi connectivity index (χ0n) is 21.4. The zero-order chi connectivity index (χ0) is 27.0. The summed E-state index contributed by atoms with van der Waals surface area (Å²) in [5.41, 5.74) is 1.91. The maximum atomic E-state index is 13.1. The maximum absolute atomic E-state index is 13.1. The molecule has 9 nitrogen and oxygen atoms in total. The second kappa shape index (κ2) is 13.0. The largest absolute Gasteiger partial charge is 0.461 e. The second-order valence-corrected chi connectivity index (χ2v) is 8.77. The minimum absolute atomic E-state index is 0.0968. The van der Waals surface area contributed by atoms with Crippen LogP contribution in [0.5, 0.6) is 0 Å². The van der Waals surface area contributed by atoms with Crippen molar-refractivity contribution in [1.82, 2.24) is 0 Å². The molecule has 0 saturated carbocycles. The van der Waals surface area contributed by atoms with Crippen LogP contribution >= 0.6 is 0 Å². The van der Waals surface area contributed by atoms with Gasteiger partial charge in [-0.3, -0.25) is 4.79 Å². The normalized spacial score (nSPS) is 25.2. The van der Waals surface area contributed by atoms with Crippen LogP contribution in [0, 0.1) is 5.92 Å². The Morgan fingerprint density at radius 2 is 1.72 bits per heavy atom. The van der Waals surface area contributed by atoms with E-state index >= 15 is 0 Å². The summed E-state index contributed by atoms with van der Waals surface area (Å²) in [7, 11) is 0. The van der Waals surface area contributed by atoms with Crippen molar-refractivity contribution in [2.75, 3.05) is 13.2 Å². The van der Waals surface area contributed by atoms with Crippen molar-refractivity contribution in [3.05, 3.63) is 58.7 Å². The van der Waals surface area contributed by atoms with Crippen LogP contribution in [0.15, 0.2) is 58.7 Å². The molecule has 196 valence electrons. The average Bonchev–Trinajstić information content (AvgIpc) is 3.09. The van der Waals surface area contributed by atoms with Gasteiger partial charge in [-0.1, -0.05) is 30.4 Å². The molecule has 36 heavy (non-hydrogen) atoms. The van der Waals surface area contributed by atoms with E-state index in [0.717, 1.165) is 5.57 Å². The number of rotatable bonds is 7. The van der Waals surface area contributed by atoms with Gasteiger partial charge in [0.2, 0.25) is 0 Å². The van der Waals surface area contributed by atoms with E-state index in [0.29, 0.717) is 18.4 Å². The number of carbonyl (C=O) groups is 4. The Morgan fingerprint density at radius 3 is 2.33 bits per heavy atom. The molecule has 9 heteroatoms. The van der Waals surface area contributed by atoms with Gasteiger partial charge in [0.05, 0.1) is 23.2 Å². The monoisotopic (exact) mass is 502 g/mol. The summed E-state index contributed by atoms with van der Waals surface area (Å²) < 4.78 is 21.4. The van der Waals surface area contributed by atoms with Gasteiger partial charge >= 0.3 is 23.9 Å². The van der Waals surface area contributed by atoms with Gasteiger partial charge in [0.25, 0.3) is 0 Å². The fourth-order valence-electron chi connectivity index (χ4n) is 3.84. The van der Waals surface area contributed by atoms with Crippen molar-refractivity contribution < 1.29 is 43.2 Å². The molecule has 1 heterocycles. The highest BCUT2D eigenvalue weighted by Crippen LogP contribution is 2.36. The molecule has 0 aromatic rings. The van der Waals surface area contributed by atoms with Crippen molar-refractivity contribution in [3.63, 3.8) is 0 Å². The molecule has 0 aromatic heterocycles. The van der Waals surface area contributed by atoms with Crippen LogP contribution in [0.3, 0.4) is 0 Å². The van der Waals surface area contributed by atoms with E-state index in [2.05, 4.69) is 6.58 Å². The topological polar surface area (TPSA) is 125 Å². The Kier molecular flexibility index (Phi) is 10.4. The fraction of sp³-hybridized carbons (Fsp3) is 0.481. The highest BCUT2D eigenvalue weighted by atomic mass is 16.6. The van der Waals surface area contributed by atoms with Crippen LogP contribution < -0.4 is 0 Å². The lowest BCUT2D eigenvalue weighted by molar-refractivity contribution is -0.148. The molecule has 4 atom stereocenters. The van der Waals surface area contributed by atoms with E-state index in [-0.39, 0.29) is 29.9 Å². The first-order valence-corrected chi connectivity index (χ1v) is 11.7. The summed E-state index contributed by atoms with van der Waals surface area (Å²) in [6.45, 7) is 11.3. The van der Waals surface area contributed by atoms with Crippen molar-refractivity contribution in [2.24, 2.45) is 5.92 Å². The number of carbonyl (C=O) groups excluding carboxylic acids is 4. The van der Waals surface area contributed by atoms with E-state index in [4.69, 9.17) is 18.9 Å². The third-order valence-electron chi connectivity index (χ3n) is 6.10. The van der Waals surface area contributed by atoms with Crippen LogP contribution in [0.2, 0.25) is 0 Å². The van der Waals surface area contributed by atoms with Gasteiger partial charge in [-0.05, 0) is 45.8 Å². The van der Waals surface area contributed by atoms with Crippen LogP contribution in [-0.4, -0.2) is 60.5 Å². The van der Waals surface area contributed by atoms with E-state index in [1.54, 1.807) is 26.8 Å². The third kappa shape index (κ3) is 7.52. The molecule has 0 radical (unpaired) electrons. The van der Waals surface area contributed by atoms with E-state index in [1.807, 2.05) is 13.0 Å². The predicted octanol–water partition coefficient (Wildman–Crippen LogP) is 3.04. The number of fused-ring (bicyclic) bond motifs is 1. The molecule has 1 saturated heterocycles. The summed E-state index contributed by atoms with van der Waals surface area (Å²) >= 11 is 0. The quantitative estimate of drug-likeness (QED) is 0.242. The number of allylic oxidation sites excluding steroid dienone is 2. The number of hydrogen-bond acceptors (Lipinski definition) is 9. The van der Waals surface area contributed by atoms with Crippen LogP contribution in [0.25, 0.3) is 0 Å². The van der Waals surface area contributed by atoms with Gasteiger partial charge in [0, 0.05) is 18.9 Å². The summed E-state index contributed by atoms with van der Waals surface area (Å²) in [4.78, 5) is 48.7. The van der Waals surface area contributed by atoms with Crippen molar-refractivity contribution >= 4 is 23.9 Å². The average molecular weight is 503 g/mol. The standard InChI is InChI=1S/C27H34O9/c1-7-19(13-33-18(6)28)26(31)34-14-20(8-2)27(32)36-22-11-15(3)9-10-21(29)16(4)12-23-24(22)17(5)25(30)35-23/h7-9,12,21-24,29H,5,10-11,13-14H2,1-4,6H3. The Labute approximate surface area is 211 Å². The zero-order valence-corrected chi connectivity index (χ0v) is 21.4. The van der Waals surface area contributed by atoms with Gasteiger partial charge in [-0.2, -0.15) is 0 Å². The first-order valence-electron chi connectivity index (χ1n) is 11.7. The number of ether oxygens (including phenoxy) is 4. The minimum atomic E-state index is -0.780. The third-order valence-corrected chi connectivity index (χ3v) is 6.10. The lowest BCUT2D eigenvalue weighted by atomic mass is 9.85. The highest BCUT2D eigenvalue weighted by Gasteiger charge is 2.44. The summed E-state index contributed by atoms with van der Waals surface area (Å²) in [6.07, 6.45) is 4.89. The Bertz CT molecular complexity index is 1030. The molecule has 0 bridgehead atoms. The molecular weight excluding hydrogens is 468 g/mol. The molecule has 4 unspecified atom stereocenters. The molecule has 1 fully saturated rings. The number of hydrogen-bond donors (Lipinski definition) is 1. The first kappa shape index (κ1) is 28.8. The van der Waals surface area contributed by atoms with Gasteiger partial charge in [0.1, 0.15) is 25.4 Å². The molecule has 1 aliphatic heterocycles. The Hall–Kier alpha value is -3.46. The van der Waals surface area contributed by atoms with E-state index < -0.39 is 48.1 Å². The molecule has 0 spiro atoms. The molecule has 0 aromatic carbocycles. The molecule has 2 rings (SSSR count). The van der Waals surface area contributed by atoms with Gasteiger partial charge in [-0.25, -0.2) is 14.4 Å². The minimum Gasteiger partial charge on any atom is -0.461 e. The fourth-order valence-corrected chi connectivity index (χ4v) is 3.84. The Balaban J connectivity index is 2.19. The maximum Gasteiger partial charge on any atom is 0.337 e. The number of esters is 4. The van der Waals surface area contributed by atoms with Gasteiger partial charge in [0.15, 0.2) is 0 Å². The van der Waals surface area contributed by atoms with Crippen LogP contribution in [0.4, 0.5) is 0 Å². The van der Waals surface area contributed by atoms with Crippen LogP contribution in [0.1, 0.15) is 47.5 Å². The Morgan fingerprint density at radius 1 is 1.11 bits per heavy atom. The first-order chi connectivity index (χ1) is 17.0. The smallest absolute Gasteiger partial charge is 0.337 e. The molecule has 1 N–H and O–H groups in total. The van der Waals surface area contributed by atoms with Gasteiger partial charge in [-0.15, -0.1) is 0 Å². The van der Waals surface area contributed by atoms with Crippen molar-refractivity contribution in [2.45, 2.75) is 65.8 Å². The van der Waals surface area contributed by atoms with E-state index in [1.165, 1.54) is 19.1 Å².